The molecule has 0 aromatic heterocycles. The predicted octanol–water partition coefficient (Wildman–Crippen LogP) is 2.81. The fourth-order valence-electron chi connectivity index (χ4n) is 3.48. The summed E-state index contributed by atoms with van der Waals surface area (Å²) in [5.41, 5.74) is 0.367. The monoisotopic (exact) mass is 268 g/mol. The van der Waals surface area contributed by atoms with Gasteiger partial charge in [0.15, 0.2) is 5.17 Å². The molecule has 2 unspecified atom stereocenters. The normalized spacial score (nSPS) is 46.1. The average molecular weight is 268 g/mol. The van der Waals surface area contributed by atoms with Crippen molar-refractivity contribution in [3.05, 3.63) is 0 Å². The molecule has 3 rings (SSSR count). The molecule has 1 saturated heterocycles. The van der Waals surface area contributed by atoms with Crippen molar-refractivity contribution in [3.8, 4) is 0 Å². The van der Waals surface area contributed by atoms with Crippen LogP contribution in [0.2, 0.25) is 0 Å². The molecule has 4 heteroatoms. The molecule has 0 radical (unpaired) electrons. The summed E-state index contributed by atoms with van der Waals surface area (Å²) in [7, 11) is 1.80. The molecule has 0 aromatic rings. The fraction of sp³-hybridized carbons (Fsp3) is 0.929. The van der Waals surface area contributed by atoms with Crippen molar-refractivity contribution in [1.29, 1.82) is 0 Å². The Kier molecular flexibility index (Phi) is 3.59. The summed E-state index contributed by atoms with van der Waals surface area (Å²) in [6.07, 6.45) is 8.08. The molecule has 0 aromatic carbocycles. The summed E-state index contributed by atoms with van der Waals surface area (Å²) in [6.45, 7) is 2.39. The highest BCUT2D eigenvalue weighted by atomic mass is 32.2. The van der Waals surface area contributed by atoms with E-state index in [1.54, 1.807) is 7.11 Å². The molecule has 2 aliphatic carbocycles. The first kappa shape index (κ1) is 12.8. The van der Waals surface area contributed by atoms with Crippen LogP contribution in [-0.2, 0) is 4.74 Å². The van der Waals surface area contributed by atoms with Gasteiger partial charge in [-0.3, -0.25) is 4.99 Å². The summed E-state index contributed by atoms with van der Waals surface area (Å²) < 4.78 is 5.31. The van der Waals surface area contributed by atoms with Gasteiger partial charge in [0, 0.05) is 18.4 Å². The van der Waals surface area contributed by atoms with Crippen LogP contribution in [0.3, 0.4) is 0 Å². The molecule has 18 heavy (non-hydrogen) atoms. The molecular formula is C14H24N2OS. The molecule has 0 bridgehead atoms. The van der Waals surface area contributed by atoms with E-state index >= 15 is 0 Å². The second-order valence-electron chi connectivity index (χ2n) is 6.31. The van der Waals surface area contributed by atoms with Gasteiger partial charge in [0.2, 0.25) is 0 Å². The van der Waals surface area contributed by atoms with E-state index < -0.39 is 0 Å². The van der Waals surface area contributed by atoms with Crippen molar-refractivity contribution in [2.45, 2.75) is 63.1 Å². The number of nitrogens with zero attached hydrogens (tertiary/aromatic N) is 1. The van der Waals surface area contributed by atoms with Crippen molar-refractivity contribution < 1.29 is 4.74 Å². The Balaban J connectivity index is 1.56. The van der Waals surface area contributed by atoms with Gasteiger partial charge >= 0.3 is 0 Å². The van der Waals surface area contributed by atoms with Gasteiger partial charge in [0.1, 0.15) is 0 Å². The number of amidine groups is 1. The number of hydrogen-bond donors (Lipinski definition) is 1. The van der Waals surface area contributed by atoms with Crippen molar-refractivity contribution in [2.24, 2.45) is 10.9 Å². The Morgan fingerprint density at radius 3 is 3.00 bits per heavy atom. The standard InChI is InChI=1S/C14H24N2OS/c1-10-4-3-5-14(8-10)9-18-13(16-14)15-11-6-12(7-11)17-2/h10-12H,3-9H2,1-2H3,(H,15,16). The number of ether oxygens (including phenoxy) is 1. The van der Waals surface area contributed by atoms with Crippen LogP contribution in [0, 0.1) is 5.92 Å². The maximum absolute atomic E-state index is 5.31. The van der Waals surface area contributed by atoms with Gasteiger partial charge in [-0.1, -0.05) is 31.5 Å². The van der Waals surface area contributed by atoms with E-state index in [9.17, 15) is 0 Å². The van der Waals surface area contributed by atoms with Crippen LogP contribution < -0.4 is 5.32 Å². The molecule has 1 heterocycles. The zero-order chi connectivity index (χ0) is 12.6. The fourth-order valence-corrected chi connectivity index (χ4v) is 4.74. The maximum Gasteiger partial charge on any atom is 0.157 e. The maximum atomic E-state index is 5.31. The second-order valence-corrected chi connectivity index (χ2v) is 7.28. The van der Waals surface area contributed by atoms with E-state index in [4.69, 9.17) is 9.73 Å². The third kappa shape index (κ3) is 2.55. The molecule has 102 valence electrons. The molecule has 1 N–H and O–H groups in total. The topological polar surface area (TPSA) is 33.6 Å². The molecule has 2 atom stereocenters. The minimum atomic E-state index is 0.367. The van der Waals surface area contributed by atoms with E-state index in [0.717, 1.165) is 18.8 Å². The second kappa shape index (κ2) is 5.04. The summed E-state index contributed by atoms with van der Waals surface area (Å²) in [5.74, 6) is 2.09. The van der Waals surface area contributed by atoms with E-state index in [1.807, 2.05) is 11.8 Å². The van der Waals surface area contributed by atoms with Gasteiger partial charge in [-0.15, -0.1) is 0 Å². The molecular weight excluding hydrogens is 244 g/mol. The molecule has 3 aliphatic rings. The summed E-state index contributed by atoms with van der Waals surface area (Å²) in [5, 5.41) is 4.94. The van der Waals surface area contributed by atoms with E-state index in [0.29, 0.717) is 17.7 Å². The number of nitrogens with one attached hydrogen (secondary N) is 1. The molecule has 1 aliphatic heterocycles. The highest BCUT2D eigenvalue weighted by Crippen LogP contribution is 2.39. The molecule has 2 saturated carbocycles. The van der Waals surface area contributed by atoms with Crippen LogP contribution in [0.25, 0.3) is 0 Å². The minimum Gasteiger partial charge on any atom is -0.381 e. The third-order valence-electron chi connectivity index (χ3n) is 4.65. The SMILES string of the molecule is COC1CC(N=C2NC3(CCCC(C)C3)CS2)C1. The Labute approximate surface area is 114 Å². The smallest absolute Gasteiger partial charge is 0.157 e. The number of hydrogen-bond acceptors (Lipinski definition) is 3. The Bertz CT molecular complexity index is 341. The lowest BCUT2D eigenvalue weighted by Gasteiger charge is -2.36. The largest absolute Gasteiger partial charge is 0.381 e. The first-order chi connectivity index (χ1) is 8.69. The zero-order valence-corrected chi connectivity index (χ0v) is 12.3. The highest BCUT2D eigenvalue weighted by molar-refractivity contribution is 8.14. The van der Waals surface area contributed by atoms with E-state index in [2.05, 4.69) is 12.2 Å². The van der Waals surface area contributed by atoms with Crippen LogP contribution >= 0.6 is 11.8 Å². The molecule has 3 nitrogen and oxygen atoms in total. The molecule has 0 amide bonds. The molecule has 1 spiro atoms. The number of aliphatic imine (C=N–C) groups is 1. The van der Waals surface area contributed by atoms with Crippen molar-refractivity contribution in [3.63, 3.8) is 0 Å². The van der Waals surface area contributed by atoms with Crippen LogP contribution in [-0.4, -0.2) is 35.7 Å². The van der Waals surface area contributed by atoms with E-state index in [-0.39, 0.29) is 0 Å². The van der Waals surface area contributed by atoms with E-state index in [1.165, 1.54) is 36.6 Å². The van der Waals surface area contributed by atoms with Crippen molar-refractivity contribution >= 4 is 16.9 Å². The van der Waals surface area contributed by atoms with Crippen molar-refractivity contribution in [2.75, 3.05) is 12.9 Å². The lowest BCUT2D eigenvalue weighted by atomic mass is 9.78. The third-order valence-corrected chi connectivity index (χ3v) is 5.83. The number of methoxy groups -OCH3 is 1. The van der Waals surface area contributed by atoms with Gasteiger partial charge in [-0.25, -0.2) is 0 Å². The zero-order valence-electron chi connectivity index (χ0n) is 11.4. The van der Waals surface area contributed by atoms with Gasteiger partial charge in [0.05, 0.1) is 12.1 Å². The van der Waals surface area contributed by atoms with Crippen LogP contribution in [0.4, 0.5) is 0 Å². The lowest BCUT2D eigenvalue weighted by molar-refractivity contribution is 0.0285. The summed E-state index contributed by atoms with van der Waals surface area (Å²) in [4.78, 5) is 4.84. The number of thioether (sulfide) groups is 1. The Morgan fingerprint density at radius 1 is 1.44 bits per heavy atom. The Hall–Kier alpha value is -0.220. The minimum absolute atomic E-state index is 0.367. The van der Waals surface area contributed by atoms with Gasteiger partial charge in [-0.2, -0.15) is 0 Å². The number of rotatable bonds is 2. The quantitative estimate of drug-likeness (QED) is 0.836. The Morgan fingerprint density at radius 2 is 2.28 bits per heavy atom. The first-order valence-corrected chi connectivity index (χ1v) is 8.19. The van der Waals surface area contributed by atoms with Gasteiger partial charge in [0.25, 0.3) is 0 Å². The molecule has 3 fully saturated rings. The summed E-state index contributed by atoms with van der Waals surface area (Å²) >= 11 is 1.93. The lowest BCUT2D eigenvalue weighted by Crippen LogP contribution is -2.47. The summed E-state index contributed by atoms with van der Waals surface area (Å²) in [6, 6.07) is 0.501. The van der Waals surface area contributed by atoms with Crippen LogP contribution in [0.5, 0.6) is 0 Å². The first-order valence-electron chi connectivity index (χ1n) is 7.21. The highest BCUT2D eigenvalue weighted by Gasteiger charge is 2.41. The predicted molar refractivity (Wildman–Crippen MR) is 77.2 cm³/mol. The van der Waals surface area contributed by atoms with Crippen molar-refractivity contribution in [1.82, 2.24) is 5.32 Å². The van der Waals surface area contributed by atoms with Crippen LogP contribution in [0.15, 0.2) is 4.99 Å². The average Bonchev–Trinajstić information content (AvgIpc) is 2.65. The van der Waals surface area contributed by atoms with Crippen LogP contribution in [0.1, 0.15) is 45.4 Å². The van der Waals surface area contributed by atoms with Gasteiger partial charge in [-0.05, 0) is 31.6 Å². The van der Waals surface area contributed by atoms with Gasteiger partial charge < -0.3 is 10.1 Å².